The molecular weight excluding hydrogens is 546 g/mol. The molecule has 2 aromatic heterocycles. The summed E-state index contributed by atoms with van der Waals surface area (Å²) < 4.78 is 29.4. The molecule has 3 N–H and O–H groups in total. The van der Waals surface area contributed by atoms with E-state index in [0.29, 0.717) is 21.0 Å². The normalized spacial score (nSPS) is 20.6. The number of carboxylic acid groups (broad SMARTS) is 1. The maximum Gasteiger partial charge on any atom is 0.325 e. The standard InChI is InChI=1S/C27H22ClN3O5S2/c28-21-10-8-18(9-11-21)22-12-13-23(37-22)38(35,36)31-27(25(33)34)16-26(27,20-6-2-1-3-7-20)17-30-24(32)19-5-4-14-29-15-19/h1-15,31H,16-17H2,(H,30,32)(H,33,34). The molecule has 194 valence electrons. The zero-order chi connectivity index (χ0) is 27.0. The van der Waals surface area contributed by atoms with Gasteiger partial charge in [0, 0.05) is 34.3 Å². The van der Waals surface area contributed by atoms with E-state index in [9.17, 15) is 23.1 Å². The van der Waals surface area contributed by atoms with Crippen molar-refractivity contribution >= 4 is 44.8 Å². The van der Waals surface area contributed by atoms with E-state index in [-0.39, 0.29) is 17.2 Å². The fourth-order valence-electron chi connectivity index (χ4n) is 4.63. The Morgan fingerprint density at radius 2 is 1.74 bits per heavy atom. The quantitative estimate of drug-likeness (QED) is 0.276. The molecule has 2 aromatic carbocycles. The van der Waals surface area contributed by atoms with Crippen LogP contribution < -0.4 is 10.0 Å². The van der Waals surface area contributed by atoms with Gasteiger partial charge in [-0.15, -0.1) is 11.3 Å². The van der Waals surface area contributed by atoms with Crippen LogP contribution in [-0.4, -0.2) is 42.5 Å². The number of aliphatic carboxylic acids is 1. The minimum absolute atomic E-state index is 0.0173. The van der Waals surface area contributed by atoms with Crippen LogP contribution >= 0.6 is 22.9 Å². The smallest absolute Gasteiger partial charge is 0.325 e. The van der Waals surface area contributed by atoms with Crippen LogP contribution in [0.5, 0.6) is 0 Å². The Morgan fingerprint density at radius 1 is 1.00 bits per heavy atom. The Kier molecular flexibility index (Phi) is 6.83. The summed E-state index contributed by atoms with van der Waals surface area (Å²) in [6.07, 6.45) is 2.90. The molecule has 1 aliphatic rings. The molecule has 0 spiro atoms. The van der Waals surface area contributed by atoms with Gasteiger partial charge in [-0.1, -0.05) is 54.1 Å². The Hall–Kier alpha value is -3.57. The van der Waals surface area contributed by atoms with Gasteiger partial charge < -0.3 is 10.4 Å². The van der Waals surface area contributed by atoms with Gasteiger partial charge in [0.1, 0.15) is 9.75 Å². The first-order chi connectivity index (χ1) is 18.2. The van der Waals surface area contributed by atoms with Gasteiger partial charge in [0.25, 0.3) is 15.9 Å². The summed E-state index contributed by atoms with van der Waals surface area (Å²) in [7, 11) is -4.23. The Morgan fingerprint density at radius 3 is 2.39 bits per heavy atom. The summed E-state index contributed by atoms with van der Waals surface area (Å²) in [5.74, 6) is -1.76. The van der Waals surface area contributed by atoms with E-state index in [0.717, 1.165) is 16.9 Å². The molecule has 0 saturated heterocycles. The van der Waals surface area contributed by atoms with Gasteiger partial charge in [-0.25, -0.2) is 8.42 Å². The fourth-order valence-corrected chi connectivity index (χ4v) is 7.49. The number of sulfonamides is 1. The number of carboxylic acids is 1. The van der Waals surface area contributed by atoms with Crippen LogP contribution in [-0.2, 0) is 20.2 Å². The SMILES string of the molecule is O=C(NCC1(c2ccccc2)CC1(NS(=O)(=O)c1ccc(-c2ccc(Cl)cc2)s1)C(=O)O)c1cccnc1. The number of benzene rings is 2. The monoisotopic (exact) mass is 567 g/mol. The predicted octanol–water partition coefficient (Wildman–Crippen LogP) is 4.34. The maximum absolute atomic E-state index is 13.5. The molecule has 2 atom stereocenters. The highest BCUT2D eigenvalue weighted by molar-refractivity contribution is 7.91. The van der Waals surface area contributed by atoms with E-state index >= 15 is 0 Å². The second kappa shape index (κ2) is 9.95. The number of nitrogens with one attached hydrogen (secondary N) is 2. The Balaban J connectivity index is 1.46. The number of thiophene rings is 1. The summed E-state index contributed by atoms with van der Waals surface area (Å²) in [5.41, 5.74) is -1.37. The third kappa shape index (κ3) is 4.71. The average Bonchev–Trinajstić information content (AvgIpc) is 3.29. The number of nitrogens with zero attached hydrogens (tertiary/aromatic N) is 1. The van der Waals surface area contributed by atoms with Crippen molar-refractivity contribution in [3.63, 3.8) is 0 Å². The van der Waals surface area contributed by atoms with E-state index in [1.54, 1.807) is 72.8 Å². The molecule has 1 amide bonds. The summed E-state index contributed by atoms with van der Waals surface area (Å²) in [6, 6.07) is 22.1. The summed E-state index contributed by atoms with van der Waals surface area (Å²) >= 11 is 6.98. The number of pyridine rings is 1. The van der Waals surface area contributed by atoms with Gasteiger partial charge in [0.2, 0.25) is 0 Å². The molecule has 2 heterocycles. The Bertz CT molecular complexity index is 1590. The minimum Gasteiger partial charge on any atom is -0.480 e. The molecular formula is C27H22ClN3O5S2. The molecule has 1 aliphatic carbocycles. The van der Waals surface area contributed by atoms with Gasteiger partial charge in [-0.05, 0) is 53.9 Å². The number of amides is 1. The van der Waals surface area contributed by atoms with Crippen molar-refractivity contribution in [2.24, 2.45) is 0 Å². The summed E-state index contributed by atoms with van der Waals surface area (Å²) in [6.45, 7) is -0.0972. The van der Waals surface area contributed by atoms with E-state index in [4.69, 9.17) is 11.6 Å². The second-order valence-electron chi connectivity index (χ2n) is 8.99. The van der Waals surface area contributed by atoms with Gasteiger partial charge >= 0.3 is 5.97 Å². The molecule has 0 bridgehead atoms. The van der Waals surface area contributed by atoms with E-state index in [1.165, 1.54) is 18.5 Å². The molecule has 38 heavy (non-hydrogen) atoms. The van der Waals surface area contributed by atoms with Gasteiger partial charge in [-0.2, -0.15) is 4.72 Å². The lowest BCUT2D eigenvalue weighted by molar-refractivity contribution is -0.140. The molecule has 2 unspecified atom stereocenters. The third-order valence-electron chi connectivity index (χ3n) is 6.71. The number of aromatic nitrogens is 1. The number of hydrogen-bond acceptors (Lipinski definition) is 6. The Labute approximate surface area is 228 Å². The van der Waals surface area contributed by atoms with Crippen molar-refractivity contribution in [2.45, 2.75) is 21.6 Å². The lowest BCUT2D eigenvalue weighted by Crippen LogP contribution is -2.51. The fraction of sp³-hybridized carbons (Fsp3) is 0.148. The molecule has 0 aliphatic heterocycles. The summed E-state index contributed by atoms with van der Waals surface area (Å²) in [4.78, 5) is 30.1. The van der Waals surface area contributed by atoms with Crippen LogP contribution in [0.4, 0.5) is 0 Å². The zero-order valence-corrected chi connectivity index (χ0v) is 22.2. The first kappa shape index (κ1) is 26.1. The molecule has 5 rings (SSSR count). The highest BCUT2D eigenvalue weighted by Gasteiger charge is 2.74. The van der Waals surface area contributed by atoms with Crippen LogP contribution in [0.2, 0.25) is 5.02 Å². The van der Waals surface area contributed by atoms with Gasteiger partial charge in [0.15, 0.2) is 0 Å². The van der Waals surface area contributed by atoms with Crippen molar-refractivity contribution in [1.82, 2.24) is 15.0 Å². The van der Waals surface area contributed by atoms with Crippen molar-refractivity contribution in [3.05, 3.63) is 107 Å². The van der Waals surface area contributed by atoms with E-state index in [2.05, 4.69) is 15.0 Å². The third-order valence-corrected chi connectivity index (χ3v) is 10.1. The maximum atomic E-state index is 13.5. The van der Waals surface area contributed by atoms with Crippen molar-refractivity contribution in [2.75, 3.05) is 6.54 Å². The summed E-state index contributed by atoms with van der Waals surface area (Å²) in [5, 5.41) is 13.7. The van der Waals surface area contributed by atoms with Crippen LogP contribution in [0.15, 0.2) is 95.5 Å². The number of rotatable bonds is 9. The second-order valence-corrected chi connectivity index (χ2v) is 12.4. The van der Waals surface area contributed by atoms with E-state index < -0.39 is 32.9 Å². The first-order valence-electron chi connectivity index (χ1n) is 11.5. The zero-order valence-electron chi connectivity index (χ0n) is 19.8. The molecule has 4 aromatic rings. The number of hydrogen-bond donors (Lipinski definition) is 3. The lowest BCUT2D eigenvalue weighted by atomic mass is 9.90. The van der Waals surface area contributed by atoms with Crippen molar-refractivity contribution in [3.8, 4) is 10.4 Å². The number of halogens is 1. The molecule has 1 saturated carbocycles. The predicted molar refractivity (Wildman–Crippen MR) is 145 cm³/mol. The van der Waals surface area contributed by atoms with Crippen molar-refractivity contribution < 1.29 is 23.1 Å². The number of carbonyl (C=O) groups excluding carboxylic acids is 1. The van der Waals surface area contributed by atoms with Crippen LogP contribution in [0, 0.1) is 0 Å². The van der Waals surface area contributed by atoms with Crippen molar-refractivity contribution in [1.29, 1.82) is 0 Å². The average molecular weight is 568 g/mol. The first-order valence-corrected chi connectivity index (χ1v) is 14.2. The molecule has 0 radical (unpaired) electrons. The van der Waals surface area contributed by atoms with E-state index in [1.807, 2.05) is 0 Å². The topological polar surface area (TPSA) is 125 Å². The molecule has 1 fully saturated rings. The largest absolute Gasteiger partial charge is 0.480 e. The van der Waals surface area contributed by atoms with Crippen LogP contribution in [0.1, 0.15) is 22.3 Å². The minimum atomic E-state index is -4.23. The van der Waals surface area contributed by atoms with Crippen LogP contribution in [0.3, 0.4) is 0 Å². The van der Waals surface area contributed by atoms with Gasteiger partial charge in [-0.3, -0.25) is 14.6 Å². The van der Waals surface area contributed by atoms with Gasteiger partial charge in [0.05, 0.1) is 5.56 Å². The highest BCUT2D eigenvalue weighted by atomic mass is 35.5. The molecule has 11 heteroatoms. The highest BCUT2D eigenvalue weighted by Crippen LogP contribution is 2.58. The van der Waals surface area contributed by atoms with Crippen LogP contribution in [0.25, 0.3) is 10.4 Å². The molecule has 8 nitrogen and oxygen atoms in total. The number of carbonyl (C=O) groups is 2. The lowest BCUT2D eigenvalue weighted by Gasteiger charge is -2.25.